The molecule has 2 aromatic rings. The molecule has 5 nitrogen and oxygen atoms in total. The van der Waals surface area contributed by atoms with E-state index >= 15 is 0 Å². The molecule has 1 aromatic carbocycles. The molecular weight excluding hydrogens is 312 g/mol. The Hall–Kier alpha value is -1.88. The van der Waals surface area contributed by atoms with E-state index in [4.69, 9.17) is 0 Å². The Labute approximate surface area is 149 Å². The van der Waals surface area contributed by atoms with Gasteiger partial charge in [-0.25, -0.2) is 4.98 Å². The maximum Gasteiger partial charge on any atom is 0.237 e. The van der Waals surface area contributed by atoms with Gasteiger partial charge < -0.3 is 15.2 Å². The highest BCUT2D eigenvalue weighted by molar-refractivity contribution is 5.82. The van der Waals surface area contributed by atoms with Gasteiger partial charge in [-0.15, -0.1) is 0 Å². The summed E-state index contributed by atoms with van der Waals surface area (Å²) in [7, 11) is 0. The molecule has 1 aromatic heterocycles. The third kappa shape index (κ3) is 3.43. The summed E-state index contributed by atoms with van der Waals surface area (Å²) in [5, 5.41) is 6.68. The highest BCUT2D eigenvalue weighted by Gasteiger charge is 2.37. The van der Waals surface area contributed by atoms with Crippen LogP contribution in [0.5, 0.6) is 0 Å². The number of amides is 1. The van der Waals surface area contributed by atoms with Gasteiger partial charge in [0.15, 0.2) is 0 Å². The van der Waals surface area contributed by atoms with Gasteiger partial charge in [-0.2, -0.15) is 0 Å². The zero-order chi connectivity index (χ0) is 17.2. The van der Waals surface area contributed by atoms with Crippen LogP contribution < -0.4 is 10.6 Å². The van der Waals surface area contributed by atoms with Crippen LogP contribution in [-0.4, -0.2) is 34.1 Å². The number of hydrogen-bond acceptors (Lipinski definition) is 3. The van der Waals surface area contributed by atoms with Crippen LogP contribution in [0, 0.1) is 12.8 Å². The second-order valence-corrected chi connectivity index (χ2v) is 7.55. The quantitative estimate of drug-likeness (QED) is 0.823. The van der Waals surface area contributed by atoms with Crippen molar-refractivity contribution in [2.24, 2.45) is 5.92 Å². The first-order valence-corrected chi connectivity index (χ1v) is 9.68. The minimum Gasteiger partial charge on any atom is -0.355 e. The van der Waals surface area contributed by atoms with E-state index in [9.17, 15) is 4.79 Å². The number of aryl methyl sites for hydroxylation is 2. The summed E-state index contributed by atoms with van der Waals surface area (Å²) in [4.78, 5) is 17.0. The van der Waals surface area contributed by atoms with E-state index in [1.165, 1.54) is 31.2 Å². The topological polar surface area (TPSA) is 59.0 Å². The van der Waals surface area contributed by atoms with Crippen LogP contribution in [0.3, 0.4) is 0 Å². The van der Waals surface area contributed by atoms with Crippen molar-refractivity contribution in [3.63, 3.8) is 0 Å². The number of carbonyl (C=O) groups is 1. The number of nitrogens with one attached hydrogen (secondary N) is 2. The van der Waals surface area contributed by atoms with E-state index in [2.05, 4.69) is 26.3 Å². The van der Waals surface area contributed by atoms with Gasteiger partial charge in [0.05, 0.1) is 17.1 Å². The average Bonchev–Trinajstić information content (AvgIpc) is 3.19. The van der Waals surface area contributed by atoms with Crippen molar-refractivity contribution in [2.45, 2.75) is 64.1 Å². The molecule has 1 aliphatic carbocycles. The molecular formula is C20H28N4O. The Kier molecular flexibility index (Phi) is 4.75. The zero-order valence-electron chi connectivity index (χ0n) is 15.0. The summed E-state index contributed by atoms with van der Waals surface area (Å²) < 4.78 is 2.24. The Morgan fingerprint density at radius 2 is 2.16 bits per heavy atom. The molecule has 1 amide bonds. The van der Waals surface area contributed by atoms with Crippen molar-refractivity contribution in [1.29, 1.82) is 0 Å². The lowest BCUT2D eigenvalue weighted by atomic mass is 9.85. The SMILES string of the molecule is Cc1nc2ccccc2n1CCCNC(=O)C1CC2CCCCC2N1. The molecule has 2 aliphatic rings. The van der Waals surface area contributed by atoms with Crippen LogP contribution in [0.4, 0.5) is 0 Å². The second kappa shape index (κ2) is 7.16. The Bertz CT molecular complexity index is 739. The van der Waals surface area contributed by atoms with Gasteiger partial charge in [0.2, 0.25) is 5.91 Å². The Balaban J connectivity index is 1.26. The van der Waals surface area contributed by atoms with Gasteiger partial charge in [0.25, 0.3) is 0 Å². The van der Waals surface area contributed by atoms with Crippen LogP contribution in [0.25, 0.3) is 11.0 Å². The van der Waals surface area contributed by atoms with Gasteiger partial charge >= 0.3 is 0 Å². The van der Waals surface area contributed by atoms with Gasteiger partial charge in [-0.3, -0.25) is 4.79 Å². The van der Waals surface area contributed by atoms with E-state index in [0.29, 0.717) is 12.0 Å². The fraction of sp³-hybridized carbons (Fsp3) is 0.600. The van der Waals surface area contributed by atoms with E-state index in [1.807, 2.05) is 25.1 Å². The van der Waals surface area contributed by atoms with Gasteiger partial charge in [-0.05, 0) is 50.7 Å². The molecule has 2 N–H and O–H groups in total. The van der Waals surface area contributed by atoms with Crippen molar-refractivity contribution < 1.29 is 4.79 Å². The second-order valence-electron chi connectivity index (χ2n) is 7.55. The third-order valence-electron chi connectivity index (χ3n) is 5.88. The number of carbonyl (C=O) groups excluding carboxylic acids is 1. The number of benzene rings is 1. The summed E-state index contributed by atoms with van der Waals surface area (Å²) in [6.07, 6.45) is 7.10. The first kappa shape index (κ1) is 16.6. The summed E-state index contributed by atoms with van der Waals surface area (Å²) in [6, 6.07) is 8.82. The number of hydrogen-bond donors (Lipinski definition) is 2. The monoisotopic (exact) mass is 340 g/mol. The molecule has 3 unspecified atom stereocenters. The van der Waals surface area contributed by atoms with Crippen molar-refractivity contribution in [3.8, 4) is 0 Å². The average molecular weight is 340 g/mol. The third-order valence-corrected chi connectivity index (χ3v) is 5.88. The largest absolute Gasteiger partial charge is 0.355 e. The normalized spacial score (nSPS) is 25.9. The lowest BCUT2D eigenvalue weighted by molar-refractivity contribution is -0.122. The van der Waals surface area contributed by atoms with Gasteiger partial charge in [0, 0.05) is 19.1 Å². The molecule has 134 valence electrons. The Morgan fingerprint density at radius 1 is 1.32 bits per heavy atom. The molecule has 0 bridgehead atoms. The smallest absolute Gasteiger partial charge is 0.237 e. The van der Waals surface area contributed by atoms with Crippen LogP contribution in [0.2, 0.25) is 0 Å². The number of rotatable bonds is 5. The molecule has 1 saturated carbocycles. The van der Waals surface area contributed by atoms with E-state index in [1.54, 1.807) is 0 Å². The summed E-state index contributed by atoms with van der Waals surface area (Å²) >= 11 is 0. The van der Waals surface area contributed by atoms with Crippen molar-refractivity contribution in [1.82, 2.24) is 20.2 Å². The molecule has 3 atom stereocenters. The van der Waals surface area contributed by atoms with Crippen molar-refractivity contribution in [2.75, 3.05) is 6.54 Å². The van der Waals surface area contributed by atoms with Gasteiger partial charge in [-0.1, -0.05) is 25.0 Å². The zero-order valence-corrected chi connectivity index (χ0v) is 15.0. The molecule has 4 rings (SSSR count). The number of para-hydroxylation sites is 2. The van der Waals surface area contributed by atoms with Crippen molar-refractivity contribution >= 4 is 16.9 Å². The summed E-state index contributed by atoms with van der Waals surface area (Å²) in [5.74, 6) is 1.93. The summed E-state index contributed by atoms with van der Waals surface area (Å²) in [5.41, 5.74) is 2.22. The van der Waals surface area contributed by atoms with Gasteiger partial charge in [0.1, 0.15) is 5.82 Å². The lowest BCUT2D eigenvalue weighted by Crippen LogP contribution is -2.43. The molecule has 2 fully saturated rings. The van der Waals surface area contributed by atoms with Crippen LogP contribution in [0.15, 0.2) is 24.3 Å². The number of nitrogens with zero attached hydrogens (tertiary/aromatic N) is 2. The molecule has 1 aliphatic heterocycles. The first-order chi connectivity index (χ1) is 12.2. The molecule has 5 heteroatoms. The molecule has 25 heavy (non-hydrogen) atoms. The van der Waals surface area contributed by atoms with E-state index in [0.717, 1.165) is 37.3 Å². The standard InChI is InChI=1S/C20H28N4O/c1-14-22-17-9-4-5-10-19(17)24(14)12-6-11-21-20(25)18-13-15-7-2-3-8-16(15)23-18/h4-5,9-10,15-16,18,23H,2-3,6-8,11-13H2,1H3,(H,21,25). The van der Waals surface area contributed by atoms with Crippen LogP contribution >= 0.6 is 0 Å². The highest BCUT2D eigenvalue weighted by Crippen LogP contribution is 2.33. The molecule has 0 spiro atoms. The van der Waals surface area contributed by atoms with Crippen molar-refractivity contribution in [3.05, 3.63) is 30.1 Å². The fourth-order valence-corrected chi connectivity index (χ4v) is 4.57. The van der Waals surface area contributed by atoms with E-state index < -0.39 is 0 Å². The molecule has 1 saturated heterocycles. The van der Waals surface area contributed by atoms with Crippen LogP contribution in [-0.2, 0) is 11.3 Å². The number of aromatic nitrogens is 2. The fourth-order valence-electron chi connectivity index (χ4n) is 4.57. The number of imidazole rings is 1. The predicted molar refractivity (Wildman–Crippen MR) is 99.4 cm³/mol. The maximum absolute atomic E-state index is 12.4. The lowest BCUT2D eigenvalue weighted by Gasteiger charge is -2.24. The minimum atomic E-state index is 0.0175. The Morgan fingerprint density at radius 3 is 3.04 bits per heavy atom. The predicted octanol–water partition coefficient (Wildman–Crippen LogP) is 2.77. The van der Waals surface area contributed by atoms with Crippen LogP contribution in [0.1, 0.15) is 44.3 Å². The minimum absolute atomic E-state index is 0.0175. The number of fused-ring (bicyclic) bond motifs is 2. The highest BCUT2D eigenvalue weighted by atomic mass is 16.2. The maximum atomic E-state index is 12.4. The van der Waals surface area contributed by atoms with E-state index in [-0.39, 0.29) is 11.9 Å². The first-order valence-electron chi connectivity index (χ1n) is 9.68. The molecule has 0 radical (unpaired) electrons. The molecule has 2 heterocycles. The summed E-state index contributed by atoms with van der Waals surface area (Å²) in [6.45, 7) is 3.65.